The van der Waals surface area contributed by atoms with Gasteiger partial charge in [0.15, 0.2) is 0 Å². The minimum Gasteiger partial charge on any atom is -1.00 e. The second-order valence-corrected chi connectivity index (χ2v) is 1.99. The molecule has 0 bridgehead atoms. The smallest absolute Gasteiger partial charge is 1.00 e. The Kier molecular flexibility index (Phi) is 30.6. The standard InChI is InChI=1S/C6H16N2.2Na.2H/c7-5-3-1-2-4-6-8;;;;/h1-8H2;;;;/q;2*+1;2*-1. The molecule has 0 aliphatic rings. The minimum atomic E-state index is 0. The van der Waals surface area contributed by atoms with Crippen molar-refractivity contribution in [3.8, 4) is 0 Å². The summed E-state index contributed by atoms with van der Waals surface area (Å²) in [7, 11) is 0. The largest absolute Gasteiger partial charge is 1.00 e. The summed E-state index contributed by atoms with van der Waals surface area (Å²) < 4.78 is 0. The van der Waals surface area contributed by atoms with Gasteiger partial charge in [-0.15, -0.1) is 0 Å². The van der Waals surface area contributed by atoms with Crippen molar-refractivity contribution in [1.29, 1.82) is 0 Å². The van der Waals surface area contributed by atoms with Crippen molar-refractivity contribution < 1.29 is 62.0 Å². The van der Waals surface area contributed by atoms with E-state index in [0.29, 0.717) is 0 Å². The maximum absolute atomic E-state index is 5.28. The van der Waals surface area contributed by atoms with Gasteiger partial charge >= 0.3 is 59.1 Å². The van der Waals surface area contributed by atoms with Crippen LogP contribution in [0.15, 0.2) is 0 Å². The zero-order valence-electron chi connectivity index (χ0n) is 9.40. The molecule has 54 valence electrons. The predicted octanol–water partition coefficient (Wildman–Crippen LogP) is -5.30. The van der Waals surface area contributed by atoms with Crippen molar-refractivity contribution in [3.05, 3.63) is 0 Å². The molecular weight excluding hydrogens is 146 g/mol. The normalized spacial score (nSPS) is 7.80. The molecule has 10 heavy (non-hydrogen) atoms. The number of nitrogens with two attached hydrogens (primary N) is 2. The Bertz CT molecular complexity index is 46.5. The average molecular weight is 164 g/mol. The third-order valence-electron chi connectivity index (χ3n) is 1.16. The van der Waals surface area contributed by atoms with Gasteiger partial charge in [0.2, 0.25) is 0 Å². The summed E-state index contributed by atoms with van der Waals surface area (Å²) in [5.74, 6) is 0. The topological polar surface area (TPSA) is 52.0 Å². The Morgan fingerprint density at radius 2 is 1.00 bits per heavy atom. The van der Waals surface area contributed by atoms with Gasteiger partial charge in [-0.1, -0.05) is 12.8 Å². The third kappa shape index (κ3) is 16.5. The van der Waals surface area contributed by atoms with E-state index in [2.05, 4.69) is 0 Å². The fourth-order valence-electron chi connectivity index (χ4n) is 0.642. The van der Waals surface area contributed by atoms with E-state index in [-0.39, 0.29) is 62.0 Å². The maximum Gasteiger partial charge on any atom is 1.00 e. The first kappa shape index (κ1) is 17.9. The van der Waals surface area contributed by atoms with Gasteiger partial charge in [-0.3, -0.25) is 0 Å². The van der Waals surface area contributed by atoms with Crippen molar-refractivity contribution in [1.82, 2.24) is 0 Å². The monoisotopic (exact) mass is 164 g/mol. The van der Waals surface area contributed by atoms with Gasteiger partial charge < -0.3 is 14.3 Å². The molecule has 0 aromatic heterocycles. The molecule has 0 amide bonds. The number of hydrogen-bond acceptors (Lipinski definition) is 2. The molecule has 0 aliphatic heterocycles. The van der Waals surface area contributed by atoms with Crippen LogP contribution in [0.5, 0.6) is 0 Å². The molecule has 0 aromatic rings. The third-order valence-corrected chi connectivity index (χ3v) is 1.16. The molecule has 0 radical (unpaired) electrons. The van der Waals surface area contributed by atoms with Crippen molar-refractivity contribution in [2.45, 2.75) is 25.7 Å². The summed E-state index contributed by atoms with van der Waals surface area (Å²) in [4.78, 5) is 0. The van der Waals surface area contributed by atoms with Crippen molar-refractivity contribution in [3.63, 3.8) is 0 Å². The van der Waals surface area contributed by atoms with Crippen LogP contribution >= 0.6 is 0 Å². The van der Waals surface area contributed by atoms with Gasteiger partial charge in [-0.05, 0) is 25.9 Å². The van der Waals surface area contributed by atoms with E-state index >= 15 is 0 Å². The Labute approximate surface area is 111 Å². The zero-order valence-corrected chi connectivity index (χ0v) is 11.4. The molecule has 4 N–H and O–H groups in total. The summed E-state index contributed by atoms with van der Waals surface area (Å²) in [5.41, 5.74) is 10.6. The molecule has 0 heterocycles. The molecule has 2 nitrogen and oxygen atoms in total. The summed E-state index contributed by atoms with van der Waals surface area (Å²) in [5, 5.41) is 0. The van der Waals surface area contributed by atoms with Gasteiger partial charge in [-0.25, -0.2) is 0 Å². The molecule has 0 saturated carbocycles. The van der Waals surface area contributed by atoms with Crippen LogP contribution in [0.25, 0.3) is 0 Å². The quantitative estimate of drug-likeness (QED) is 0.315. The van der Waals surface area contributed by atoms with Crippen molar-refractivity contribution in [2.24, 2.45) is 11.5 Å². The van der Waals surface area contributed by atoms with Gasteiger partial charge in [0.05, 0.1) is 0 Å². The van der Waals surface area contributed by atoms with Gasteiger partial charge in [0.25, 0.3) is 0 Å². The molecule has 0 saturated heterocycles. The second-order valence-electron chi connectivity index (χ2n) is 1.99. The van der Waals surface area contributed by atoms with E-state index in [0.717, 1.165) is 25.9 Å². The SMILES string of the molecule is NCCCCCCN.[H-].[H-].[Na+].[Na+]. The first-order chi connectivity index (χ1) is 3.91. The Morgan fingerprint density at radius 3 is 1.20 bits per heavy atom. The summed E-state index contributed by atoms with van der Waals surface area (Å²) in [6.45, 7) is 1.65. The Morgan fingerprint density at radius 1 is 0.700 bits per heavy atom. The average Bonchev–Trinajstić information content (AvgIpc) is 1.81. The van der Waals surface area contributed by atoms with E-state index in [4.69, 9.17) is 11.5 Å². The van der Waals surface area contributed by atoms with Crippen LogP contribution in [0, 0.1) is 0 Å². The molecule has 0 rings (SSSR count). The fraction of sp³-hybridized carbons (Fsp3) is 1.00. The molecular formula is C6H18N2Na2. The van der Waals surface area contributed by atoms with Crippen LogP contribution in [0.2, 0.25) is 0 Å². The van der Waals surface area contributed by atoms with Gasteiger partial charge in [0, 0.05) is 0 Å². The molecule has 0 aromatic carbocycles. The summed E-state index contributed by atoms with van der Waals surface area (Å²) in [6, 6.07) is 0. The number of hydrogen-bond donors (Lipinski definition) is 2. The van der Waals surface area contributed by atoms with Gasteiger partial charge in [-0.2, -0.15) is 0 Å². The molecule has 0 spiro atoms. The van der Waals surface area contributed by atoms with E-state index in [9.17, 15) is 0 Å². The van der Waals surface area contributed by atoms with Crippen LogP contribution in [-0.2, 0) is 0 Å². The molecule has 0 fully saturated rings. The van der Waals surface area contributed by atoms with E-state index in [1.165, 1.54) is 12.8 Å². The first-order valence-corrected chi connectivity index (χ1v) is 3.32. The van der Waals surface area contributed by atoms with Crippen molar-refractivity contribution >= 4 is 0 Å². The van der Waals surface area contributed by atoms with E-state index < -0.39 is 0 Å². The summed E-state index contributed by atoms with van der Waals surface area (Å²) in [6.07, 6.45) is 4.79. The predicted molar refractivity (Wildman–Crippen MR) is 38.8 cm³/mol. The second kappa shape index (κ2) is 17.1. The maximum atomic E-state index is 5.28. The van der Waals surface area contributed by atoms with Crippen LogP contribution in [-0.4, -0.2) is 13.1 Å². The number of unbranched alkanes of at least 4 members (excludes halogenated alkanes) is 3. The zero-order chi connectivity index (χ0) is 6.24. The molecule has 0 aliphatic carbocycles. The number of rotatable bonds is 5. The van der Waals surface area contributed by atoms with Crippen LogP contribution in [0.1, 0.15) is 28.5 Å². The van der Waals surface area contributed by atoms with E-state index in [1.54, 1.807) is 0 Å². The molecule has 0 unspecified atom stereocenters. The Hall–Kier alpha value is 1.92. The minimum absolute atomic E-state index is 0. The fourth-order valence-corrected chi connectivity index (χ4v) is 0.642. The van der Waals surface area contributed by atoms with E-state index in [1.807, 2.05) is 0 Å². The van der Waals surface area contributed by atoms with Gasteiger partial charge in [0.1, 0.15) is 0 Å². The van der Waals surface area contributed by atoms with Crippen LogP contribution in [0.3, 0.4) is 0 Å². The first-order valence-electron chi connectivity index (χ1n) is 3.32. The summed E-state index contributed by atoms with van der Waals surface area (Å²) >= 11 is 0. The van der Waals surface area contributed by atoms with Crippen molar-refractivity contribution in [2.75, 3.05) is 13.1 Å². The molecule has 0 atom stereocenters. The molecule has 4 heteroatoms. The van der Waals surface area contributed by atoms with Crippen LogP contribution in [0.4, 0.5) is 0 Å². The van der Waals surface area contributed by atoms with Crippen LogP contribution < -0.4 is 70.6 Å². The Balaban J connectivity index is -0.0000000408.